The number of benzene rings is 1. The molecule has 1 aromatic heterocycles. The smallest absolute Gasteiger partial charge is 0.318 e. The number of rotatable bonds is 5. The molecule has 1 fully saturated rings. The van der Waals surface area contributed by atoms with E-state index in [9.17, 15) is 4.79 Å². The van der Waals surface area contributed by atoms with E-state index >= 15 is 0 Å². The lowest BCUT2D eigenvalue weighted by Crippen LogP contribution is -2.51. The third-order valence-corrected chi connectivity index (χ3v) is 5.08. The summed E-state index contributed by atoms with van der Waals surface area (Å²) in [5, 5.41) is 6.11. The van der Waals surface area contributed by atoms with E-state index in [1.807, 2.05) is 23.3 Å². The van der Waals surface area contributed by atoms with E-state index in [1.165, 1.54) is 5.56 Å². The fraction of sp³-hybridized carbons (Fsp3) is 0.444. The highest BCUT2D eigenvalue weighted by Crippen LogP contribution is 2.13. The highest BCUT2D eigenvalue weighted by Gasteiger charge is 2.23. The largest absolute Gasteiger partial charge is 0.377 e. The number of nitrogens with zero attached hydrogens (tertiary/aromatic N) is 2. The highest BCUT2D eigenvalue weighted by molar-refractivity contribution is 7.09. The quantitative estimate of drug-likeness (QED) is 0.906. The Morgan fingerprint density at radius 1 is 1.38 bits per heavy atom. The summed E-state index contributed by atoms with van der Waals surface area (Å²) < 4.78 is 5.36. The van der Waals surface area contributed by atoms with Crippen molar-refractivity contribution in [1.82, 2.24) is 15.2 Å². The number of carbonyl (C=O) groups is 1. The Hall–Kier alpha value is -1.92. The molecule has 1 aliphatic rings. The van der Waals surface area contributed by atoms with E-state index in [1.54, 1.807) is 11.3 Å². The molecule has 1 aliphatic heterocycles. The molecule has 6 heteroatoms. The number of nitrogens with one attached hydrogen (secondary N) is 1. The van der Waals surface area contributed by atoms with E-state index in [4.69, 9.17) is 4.74 Å². The molecule has 1 aromatic carbocycles. The van der Waals surface area contributed by atoms with Crippen LogP contribution in [0.5, 0.6) is 0 Å². The molecule has 2 aromatic rings. The van der Waals surface area contributed by atoms with Gasteiger partial charge in [0.1, 0.15) is 0 Å². The summed E-state index contributed by atoms with van der Waals surface area (Å²) in [6.45, 7) is 4.34. The van der Waals surface area contributed by atoms with E-state index < -0.39 is 0 Å². The van der Waals surface area contributed by atoms with Gasteiger partial charge in [-0.2, -0.15) is 0 Å². The van der Waals surface area contributed by atoms with E-state index in [2.05, 4.69) is 34.6 Å². The first-order valence-electron chi connectivity index (χ1n) is 8.32. The Labute approximate surface area is 146 Å². The van der Waals surface area contributed by atoms with Crippen molar-refractivity contribution in [2.45, 2.75) is 32.4 Å². The maximum absolute atomic E-state index is 12.2. The van der Waals surface area contributed by atoms with Crippen LogP contribution in [0, 0.1) is 0 Å². The molecule has 2 amide bonds. The average molecular weight is 345 g/mol. The van der Waals surface area contributed by atoms with Crippen LogP contribution in [0.2, 0.25) is 0 Å². The molecule has 0 radical (unpaired) electrons. The predicted octanol–water partition coefficient (Wildman–Crippen LogP) is 2.86. The minimum absolute atomic E-state index is 0.0374. The zero-order chi connectivity index (χ0) is 16.8. The fourth-order valence-electron chi connectivity index (χ4n) is 2.74. The second-order valence-electron chi connectivity index (χ2n) is 5.99. The van der Waals surface area contributed by atoms with Crippen LogP contribution in [-0.2, 0) is 24.1 Å². The number of aromatic nitrogens is 1. The van der Waals surface area contributed by atoms with Crippen molar-refractivity contribution in [1.29, 1.82) is 0 Å². The van der Waals surface area contributed by atoms with Crippen molar-refractivity contribution in [3.05, 3.63) is 52.0 Å². The molecule has 2 heterocycles. The number of amides is 2. The number of morpholine rings is 1. The van der Waals surface area contributed by atoms with Crippen molar-refractivity contribution in [2.24, 2.45) is 0 Å². The molecule has 0 spiro atoms. The Morgan fingerprint density at radius 2 is 2.21 bits per heavy atom. The van der Waals surface area contributed by atoms with Crippen LogP contribution in [0.4, 0.5) is 4.79 Å². The number of carbonyl (C=O) groups excluding carboxylic acids is 1. The molecule has 0 aliphatic carbocycles. The predicted molar refractivity (Wildman–Crippen MR) is 95.2 cm³/mol. The third kappa shape index (κ3) is 4.55. The van der Waals surface area contributed by atoms with Gasteiger partial charge < -0.3 is 15.0 Å². The number of hydrogen-bond donors (Lipinski definition) is 1. The van der Waals surface area contributed by atoms with Crippen LogP contribution in [0.25, 0.3) is 0 Å². The van der Waals surface area contributed by atoms with Gasteiger partial charge in [-0.25, -0.2) is 9.78 Å². The van der Waals surface area contributed by atoms with Crippen molar-refractivity contribution in [3.63, 3.8) is 0 Å². The summed E-state index contributed by atoms with van der Waals surface area (Å²) in [6, 6.07) is 10.5. The van der Waals surface area contributed by atoms with Crippen LogP contribution in [0.1, 0.15) is 23.2 Å². The molecule has 0 unspecified atom stereocenters. The van der Waals surface area contributed by atoms with E-state index in [0.29, 0.717) is 26.3 Å². The van der Waals surface area contributed by atoms with Crippen molar-refractivity contribution in [2.75, 3.05) is 19.8 Å². The normalized spacial score (nSPS) is 17.7. The third-order valence-electron chi connectivity index (χ3n) is 4.12. The summed E-state index contributed by atoms with van der Waals surface area (Å²) in [4.78, 5) is 18.7. The van der Waals surface area contributed by atoms with Gasteiger partial charge in [0.15, 0.2) is 0 Å². The van der Waals surface area contributed by atoms with Gasteiger partial charge in [-0.3, -0.25) is 0 Å². The van der Waals surface area contributed by atoms with Crippen LogP contribution >= 0.6 is 11.3 Å². The number of urea groups is 1. The monoisotopic (exact) mass is 345 g/mol. The molecule has 1 N–H and O–H groups in total. The molecular formula is C18H23N3O2S. The Balaban J connectivity index is 1.46. The summed E-state index contributed by atoms with van der Waals surface area (Å²) in [5.41, 5.74) is 2.25. The standard InChI is InChI=1S/C18H23N3O2S/c1-14-12-23-10-9-21(14)18(22)19-11-16-13-24-17(20-16)8-7-15-5-3-2-4-6-15/h2-6,13-14H,7-12H2,1H3,(H,19,22)/t14-/m0/s1. The second kappa shape index (κ2) is 8.26. The van der Waals surface area contributed by atoms with Gasteiger partial charge in [-0.1, -0.05) is 30.3 Å². The minimum atomic E-state index is -0.0374. The first-order chi connectivity index (χ1) is 11.7. The number of ether oxygens (including phenoxy) is 1. The summed E-state index contributed by atoms with van der Waals surface area (Å²) in [5.74, 6) is 0. The topological polar surface area (TPSA) is 54.5 Å². The maximum atomic E-state index is 12.2. The van der Waals surface area contributed by atoms with Gasteiger partial charge in [-0.15, -0.1) is 11.3 Å². The number of aryl methyl sites for hydroxylation is 2. The SMILES string of the molecule is C[C@H]1COCCN1C(=O)NCc1csc(CCc2ccccc2)n1. The van der Waals surface area contributed by atoms with Crippen LogP contribution in [0.3, 0.4) is 0 Å². The van der Waals surface area contributed by atoms with Crippen molar-refractivity contribution < 1.29 is 9.53 Å². The van der Waals surface area contributed by atoms with Gasteiger partial charge >= 0.3 is 6.03 Å². The summed E-state index contributed by atoms with van der Waals surface area (Å²) >= 11 is 1.66. The fourth-order valence-corrected chi connectivity index (χ4v) is 3.54. The molecule has 1 atom stereocenters. The summed E-state index contributed by atoms with van der Waals surface area (Å²) in [6.07, 6.45) is 1.93. The van der Waals surface area contributed by atoms with Gasteiger partial charge in [-0.05, 0) is 18.9 Å². The lowest BCUT2D eigenvalue weighted by atomic mass is 10.1. The molecule has 0 saturated carbocycles. The molecule has 24 heavy (non-hydrogen) atoms. The van der Waals surface area contributed by atoms with Crippen LogP contribution in [0.15, 0.2) is 35.7 Å². The second-order valence-corrected chi connectivity index (χ2v) is 6.94. The van der Waals surface area contributed by atoms with Crippen molar-refractivity contribution >= 4 is 17.4 Å². The number of hydrogen-bond acceptors (Lipinski definition) is 4. The molecule has 0 bridgehead atoms. The molecular weight excluding hydrogens is 322 g/mol. The van der Waals surface area contributed by atoms with Gasteiger partial charge in [0.2, 0.25) is 0 Å². The van der Waals surface area contributed by atoms with E-state index in [-0.39, 0.29) is 12.1 Å². The lowest BCUT2D eigenvalue weighted by Gasteiger charge is -2.33. The molecule has 5 nitrogen and oxygen atoms in total. The summed E-state index contributed by atoms with van der Waals surface area (Å²) in [7, 11) is 0. The average Bonchev–Trinajstić information content (AvgIpc) is 3.07. The minimum Gasteiger partial charge on any atom is -0.377 e. The Morgan fingerprint density at radius 3 is 3.00 bits per heavy atom. The molecule has 1 saturated heterocycles. The van der Waals surface area contributed by atoms with Crippen LogP contribution in [-0.4, -0.2) is 41.7 Å². The first kappa shape index (κ1) is 16.9. The number of thiazole rings is 1. The molecule has 128 valence electrons. The Kier molecular flexibility index (Phi) is 5.82. The van der Waals surface area contributed by atoms with Crippen LogP contribution < -0.4 is 5.32 Å². The maximum Gasteiger partial charge on any atom is 0.318 e. The van der Waals surface area contributed by atoms with Crippen molar-refractivity contribution in [3.8, 4) is 0 Å². The van der Waals surface area contributed by atoms with Gasteiger partial charge in [0.25, 0.3) is 0 Å². The molecule has 3 rings (SSSR count). The van der Waals surface area contributed by atoms with Gasteiger partial charge in [0, 0.05) is 18.3 Å². The van der Waals surface area contributed by atoms with E-state index in [0.717, 1.165) is 23.5 Å². The Bertz CT molecular complexity index is 659. The first-order valence-corrected chi connectivity index (χ1v) is 9.20. The van der Waals surface area contributed by atoms with Gasteiger partial charge in [0.05, 0.1) is 36.5 Å². The zero-order valence-electron chi connectivity index (χ0n) is 13.9. The zero-order valence-corrected chi connectivity index (χ0v) is 14.7. The lowest BCUT2D eigenvalue weighted by molar-refractivity contribution is 0.0189. The highest BCUT2D eigenvalue weighted by atomic mass is 32.1.